The Morgan fingerprint density at radius 1 is 1.30 bits per heavy atom. The molecule has 11 nitrogen and oxygen atoms in total. The molecule has 4 rings (SSSR count). The highest BCUT2D eigenvalue weighted by Gasteiger charge is 2.64. The maximum Gasteiger partial charge on any atom is 0.263 e. The zero-order valence-corrected chi connectivity index (χ0v) is 20.1. The average Bonchev–Trinajstić information content (AvgIpc) is 2.79. The summed E-state index contributed by atoms with van der Waals surface area (Å²) in [6.07, 6.45) is -4.73. The lowest BCUT2D eigenvalue weighted by molar-refractivity contribution is -0.170. The van der Waals surface area contributed by atoms with Crippen molar-refractivity contribution < 1.29 is 48.7 Å². The summed E-state index contributed by atoms with van der Waals surface area (Å²) in [4.78, 5) is 32.0. The van der Waals surface area contributed by atoms with Crippen molar-refractivity contribution in [1.82, 2.24) is 10.4 Å². The van der Waals surface area contributed by atoms with Gasteiger partial charge in [0.05, 0.1) is 17.2 Å². The van der Waals surface area contributed by atoms with Crippen LogP contribution >= 0.6 is 0 Å². The zero-order valence-electron chi connectivity index (χ0n) is 20.1. The number of benzene rings is 1. The number of phenols is 1. The van der Waals surface area contributed by atoms with Gasteiger partial charge in [-0.15, -0.1) is 0 Å². The number of nitrogens with two attached hydrogens (primary N) is 1. The fourth-order valence-electron chi connectivity index (χ4n) is 5.91. The molecule has 1 saturated carbocycles. The highest BCUT2D eigenvalue weighted by atomic mass is 19.3. The third kappa shape index (κ3) is 4.16. The van der Waals surface area contributed by atoms with Crippen molar-refractivity contribution in [1.29, 1.82) is 0 Å². The smallest absolute Gasteiger partial charge is 0.263 e. The molecular weight excluding hydrogens is 496 g/mol. The Morgan fingerprint density at radius 3 is 2.57 bits per heavy atom. The molecule has 5 atom stereocenters. The minimum Gasteiger partial charge on any atom is -0.510 e. The second kappa shape index (κ2) is 9.65. The zero-order chi connectivity index (χ0) is 27.4. The molecular formula is C24H29F2N3O8. The first kappa shape index (κ1) is 26.9. The third-order valence-electron chi connectivity index (χ3n) is 7.47. The first-order chi connectivity index (χ1) is 17.3. The molecule has 0 bridgehead atoms. The Bertz CT molecular complexity index is 1200. The van der Waals surface area contributed by atoms with Crippen LogP contribution in [-0.2, 0) is 27.4 Å². The van der Waals surface area contributed by atoms with Crippen molar-refractivity contribution in [2.45, 2.75) is 43.6 Å². The van der Waals surface area contributed by atoms with Gasteiger partial charge in [0.2, 0.25) is 0 Å². The number of amides is 1. The van der Waals surface area contributed by atoms with Gasteiger partial charge in [0.1, 0.15) is 30.0 Å². The number of primary amides is 1. The maximum absolute atomic E-state index is 13.8. The van der Waals surface area contributed by atoms with E-state index in [4.69, 9.17) is 10.6 Å². The van der Waals surface area contributed by atoms with Crippen molar-refractivity contribution >= 4 is 17.4 Å². The van der Waals surface area contributed by atoms with Crippen LogP contribution in [-0.4, -0.2) is 87.0 Å². The summed E-state index contributed by atoms with van der Waals surface area (Å²) in [5.74, 6) is -5.58. The molecule has 8 N–H and O–H groups in total. The van der Waals surface area contributed by atoms with Crippen molar-refractivity contribution in [3.8, 4) is 5.75 Å². The number of Topliss-reactive ketones (excluding diaryl/α,β-unsaturated/α-hetero) is 1. The number of carbonyl (C=O) groups excluding carboxylic acids is 2. The van der Waals surface area contributed by atoms with Crippen molar-refractivity contribution in [2.75, 3.05) is 20.7 Å². The Balaban J connectivity index is 1.81. The monoisotopic (exact) mass is 525 g/mol. The molecule has 1 amide bonds. The van der Waals surface area contributed by atoms with Gasteiger partial charge in [0, 0.05) is 18.0 Å². The predicted octanol–water partition coefficient (Wildman–Crippen LogP) is 0.0421. The van der Waals surface area contributed by atoms with Gasteiger partial charge in [0.15, 0.2) is 11.4 Å². The molecule has 0 aromatic heterocycles. The molecule has 0 aliphatic heterocycles. The van der Waals surface area contributed by atoms with Crippen LogP contribution in [0.5, 0.6) is 5.75 Å². The lowest BCUT2D eigenvalue weighted by atomic mass is 9.56. The summed E-state index contributed by atoms with van der Waals surface area (Å²) < 4.78 is 24.8. The van der Waals surface area contributed by atoms with E-state index >= 15 is 0 Å². The second-order valence-electron chi connectivity index (χ2n) is 9.75. The minimum atomic E-state index is -2.68. The summed E-state index contributed by atoms with van der Waals surface area (Å²) in [6.45, 7) is -0.887. The first-order valence-corrected chi connectivity index (χ1v) is 11.6. The molecule has 1 unspecified atom stereocenters. The van der Waals surface area contributed by atoms with Gasteiger partial charge < -0.3 is 31.3 Å². The van der Waals surface area contributed by atoms with E-state index in [-0.39, 0.29) is 36.3 Å². The number of alkyl halides is 2. The highest BCUT2D eigenvalue weighted by Crippen LogP contribution is 2.53. The summed E-state index contributed by atoms with van der Waals surface area (Å²) in [5.41, 5.74) is 5.11. The van der Waals surface area contributed by atoms with Crippen LogP contribution < -0.4 is 11.2 Å². The van der Waals surface area contributed by atoms with Crippen molar-refractivity contribution in [3.05, 3.63) is 45.7 Å². The van der Waals surface area contributed by atoms with Crippen LogP contribution in [0.1, 0.15) is 23.1 Å². The number of nitrogens with one attached hydrogen (secondary N) is 1. The largest absolute Gasteiger partial charge is 0.510 e. The van der Waals surface area contributed by atoms with Crippen LogP contribution in [0.25, 0.3) is 5.76 Å². The predicted molar refractivity (Wildman–Crippen MR) is 124 cm³/mol. The van der Waals surface area contributed by atoms with Gasteiger partial charge >= 0.3 is 0 Å². The van der Waals surface area contributed by atoms with Gasteiger partial charge in [0.25, 0.3) is 12.3 Å². The number of carbonyl (C=O) groups is 2. The minimum absolute atomic E-state index is 0.00148. The number of fused-ring (bicyclic) bond motifs is 3. The normalized spacial score (nSPS) is 29.5. The summed E-state index contributed by atoms with van der Waals surface area (Å²) >= 11 is 0. The van der Waals surface area contributed by atoms with Crippen molar-refractivity contribution in [3.63, 3.8) is 0 Å². The van der Waals surface area contributed by atoms with Crippen LogP contribution in [0.3, 0.4) is 0 Å². The molecule has 0 spiro atoms. The number of aliphatic hydroxyl groups excluding tert-OH is 3. The van der Waals surface area contributed by atoms with E-state index < -0.39 is 71.4 Å². The number of hydroxylamine groups is 1. The number of halogens is 2. The molecule has 1 aromatic carbocycles. The molecule has 1 fully saturated rings. The number of hydrogen-bond donors (Lipinski definition) is 7. The Labute approximate surface area is 210 Å². The number of likely N-dealkylation sites (N-methyl/N-ethyl adjacent to an activating group) is 1. The molecule has 202 valence electrons. The number of aromatic hydroxyl groups is 1. The summed E-state index contributed by atoms with van der Waals surface area (Å²) in [5, 5.41) is 55.0. The molecule has 37 heavy (non-hydrogen) atoms. The van der Waals surface area contributed by atoms with Crippen LogP contribution in [0, 0.1) is 11.8 Å². The summed E-state index contributed by atoms with van der Waals surface area (Å²) in [6, 6.07) is 1.72. The van der Waals surface area contributed by atoms with Gasteiger partial charge in [-0.1, -0.05) is 6.07 Å². The van der Waals surface area contributed by atoms with E-state index in [1.165, 1.54) is 17.0 Å². The molecule has 13 heteroatoms. The SMILES string of the molecule is CN(C)[C@@H]1C(O)=C(C(N)=O)C(O)[C@@]2(O)C(=O)C3=C(O)c4c(O)ccc(CNOCC(F)F)c4C[C@H]3C[C@@H]12. The van der Waals surface area contributed by atoms with E-state index in [2.05, 4.69) is 5.48 Å². The van der Waals surface area contributed by atoms with Gasteiger partial charge in [-0.25, -0.2) is 8.78 Å². The summed E-state index contributed by atoms with van der Waals surface area (Å²) in [7, 11) is 3.12. The van der Waals surface area contributed by atoms with E-state index in [9.17, 15) is 43.9 Å². The number of nitrogens with zero attached hydrogens (tertiary/aromatic N) is 1. The standard InChI is InChI=1S/C24H29F2N3O8/c1-29(2)18-12-6-10-5-11-9(7-28-37-8-14(25)26)3-4-13(30)16(11)19(31)15(10)21(33)24(12,36)22(34)17(20(18)32)23(27)35/h3-4,10,12,14,18,22,28,30-32,34,36H,5-8H2,1-2H3,(H2,27,35)/t10-,12-,18-,22?,24-/m0/s1. The first-order valence-electron chi connectivity index (χ1n) is 11.6. The maximum atomic E-state index is 13.8. The van der Waals surface area contributed by atoms with Gasteiger partial charge in [-0.3, -0.25) is 19.3 Å². The number of hydrogen-bond acceptors (Lipinski definition) is 10. The fraction of sp³-hybridized carbons (Fsp3) is 0.500. The van der Waals surface area contributed by atoms with Crippen LogP contribution in [0.15, 0.2) is 29.0 Å². The Kier molecular flexibility index (Phi) is 7.03. The van der Waals surface area contributed by atoms with E-state index in [0.717, 1.165) is 0 Å². The number of ketones is 1. The van der Waals surface area contributed by atoms with Crippen molar-refractivity contribution in [2.24, 2.45) is 17.6 Å². The Morgan fingerprint density at radius 2 is 1.97 bits per heavy atom. The van der Waals surface area contributed by atoms with Gasteiger partial charge in [-0.05, 0) is 50.0 Å². The molecule has 0 heterocycles. The lowest BCUT2D eigenvalue weighted by Crippen LogP contribution is -2.68. The topological polar surface area (TPSA) is 186 Å². The van der Waals surface area contributed by atoms with E-state index in [1.807, 2.05) is 0 Å². The highest BCUT2D eigenvalue weighted by molar-refractivity contribution is 6.11. The molecule has 3 aliphatic carbocycles. The number of rotatable bonds is 7. The molecule has 0 radical (unpaired) electrons. The fourth-order valence-corrected chi connectivity index (χ4v) is 5.91. The molecule has 1 aromatic rings. The molecule has 3 aliphatic rings. The Hall–Kier alpha value is -3.10. The lowest BCUT2D eigenvalue weighted by Gasteiger charge is -2.53. The quantitative estimate of drug-likeness (QED) is 0.189. The van der Waals surface area contributed by atoms with Gasteiger partial charge in [-0.2, -0.15) is 5.48 Å². The number of phenolic OH excluding ortho intramolecular Hbond substituents is 1. The number of aliphatic hydroxyl groups is 4. The van der Waals surface area contributed by atoms with E-state index in [1.54, 1.807) is 14.1 Å². The second-order valence-corrected chi connectivity index (χ2v) is 9.75. The molecule has 0 saturated heterocycles. The van der Waals surface area contributed by atoms with Crippen LogP contribution in [0.2, 0.25) is 0 Å². The van der Waals surface area contributed by atoms with E-state index in [0.29, 0.717) is 11.1 Å². The third-order valence-corrected chi connectivity index (χ3v) is 7.47. The van der Waals surface area contributed by atoms with Crippen LogP contribution in [0.4, 0.5) is 8.78 Å². The average molecular weight is 526 g/mol.